The SMILES string of the molecule is C/C(=C\c1ccc(C(F)(F)F)cc1)C(O)C(C)C. The summed E-state index contributed by atoms with van der Waals surface area (Å²) in [6.45, 7) is 5.53. The second-order valence-electron chi connectivity index (χ2n) is 4.70. The fraction of sp³-hybridized carbons (Fsp3) is 0.429. The van der Waals surface area contributed by atoms with Crippen molar-refractivity contribution >= 4 is 6.08 Å². The van der Waals surface area contributed by atoms with Gasteiger partial charge in [0.05, 0.1) is 11.7 Å². The van der Waals surface area contributed by atoms with Gasteiger partial charge in [0.15, 0.2) is 0 Å². The molecule has 0 aliphatic carbocycles. The maximum Gasteiger partial charge on any atom is 0.416 e. The summed E-state index contributed by atoms with van der Waals surface area (Å²) in [7, 11) is 0. The molecule has 18 heavy (non-hydrogen) atoms. The molecule has 1 unspecified atom stereocenters. The summed E-state index contributed by atoms with van der Waals surface area (Å²) in [6, 6.07) is 4.89. The van der Waals surface area contributed by atoms with Crippen LogP contribution in [0.1, 0.15) is 31.9 Å². The molecule has 100 valence electrons. The van der Waals surface area contributed by atoms with Gasteiger partial charge in [-0.1, -0.05) is 32.1 Å². The van der Waals surface area contributed by atoms with Gasteiger partial charge in [0.1, 0.15) is 0 Å². The maximum atomic E-state index is 12.4. The Kier molecular flexibility index (Phi) is 4.57. The van der Waals surface area contributed by atoms with Crippen LogP contribution in [0.2, 0.25) is 0 Å². The van der Waals surface area contributed by atoms with E-state index in [0.29, 0.717) is 5.56 Å². The number of hydrogen-bond donors (Lipinski definition) is 1. The van der Waals surface area contributed by atoms with Gasteiger partial charge in [0.2, 0.25) is 0 Å². The zero-order valence-corrected chi connectivity index (χ0v) is 10.6. The first-order valence-corrected chi connectivity index (χ1v) is 5.75. The van der Waals surface area contributed by atoms with Crippen molar-refractivity contribution in [1.29, 1.82) is 0 Å². The average molecular weight is 258 g/mol. The minimum absolute atomic E-state index is 0.0794. The topological polar surface area (TPSA) is 20.2 Å². The molecule has 0 aromatic heterocycles. The number of halogens is 3. The highest BCUT2D eigenvalue weighted by Gasteiger charge is 2.29. The molecule has 1 N–H and O–H groups in total. The second kappa shape index (κ2) is 5.57. The van der Waals surface area contributed by atoms with E-state index >= 15 is 0 Å². The molecule has 1 rings (SSSR count). The Bertz CT molecular complexity index is 416. The largest absolute Gasteiger partial charge is 0.416 e. The highest BCUT2D eigenvalue weighted by Crippen LogP contribution is 2.29. The molecule has 0 saturated heterocycles. The molecule has 1 nitrogen and oxygen atoms in total. The summed E-state index contributed by atoms with van der Waals surface area (Å²) in [5.74, 6) is 0.0794. The molecule has 1 atom stereocenters. The molecule has 1 aromatic rings. The molecule has 0 heterocycles. The molecule has 0 aliphatic rings. The molecule has 0 spiro atoms. The van der Waals surface area contributed by atoms with Crippen molar-refractivity contribution in [3.63, 3.8) is 0 Å². The van der Waals surface area contributed by atoms with Gasteiger partial charge >= 0.3 is 6.18 Å². The van der Waals surface area contributed by atoms with Crippen LogP contribution in [0.15, 0.2) is 29.8 Å². The van der Waals surface area contributed by atoms with Crippen molar-refractivity contribution in [1.82, 2.24) is 0 Å². The summed E-state index contributed by atoms with van der Waals surface area (Å²) >= 11 is 0. The predicted octanol–water partition coefficient (Wildman–Crippen LogP) is 4.13. The molecule has 0 saturated carbocycles. The lowest BCUT2D eigenvalue weighted by Crippen LogP contribution is -2.15. The summed E-state index contributed by atoms with van der Waals surface area (Å²) in [5.41, 5.74) is 0.728. The third-order valence-corrected chi connectivity index (χ3v) is 2.73. The summed E-state index contributed by atoms with van der Waals surface area (Å²) in [5, 5.41) is 9.79. The molecule has 1 aromatic carbocycles. The Balaban J connectivity index is 2.90. The molecule has 0 amide bonds. The molecular formula is C14H17F3O. The van der Waals surface area contributed by atoms with Gasteiger partial charge in [0.25, 0.3) is 0 Å². The van der Waals surface area contributed by atoms with E-state index in [2.05, 4.69) is 0 Å². The van der Waals surface area contributed by atoms with Crippen LogP contribution in [0.3, 0.4) is 0 Å². The van der Waals surface area contributed by atoms with Crippen LogP contribution in [0, 0.1) is 5.92 Å². The number of aliphatic hydroxyl groups excluding tert-OH is 1. The van der Waals surface area contributed by atoms with E-state index in [4.69, 9.17) is 0 Å². The van der Waals surface area contributed by atoms with Gasteiger partial charge < -0.3 is 5.11 Å². The monoisotopic (exact) mass is 258 g/mol. The minimum Gasteiger partial charge on any atom is -0.388 e. The van der Waals surface area contributed by atoms with E-state index < -0.39 is 17.8 Å². The average Bonchev–Trinajstić information content (AvgIpc) is 2.27. The zero-order chi connectivity index (χ0) is 13.9. The van der Waals surface area contributed by atoms with Gasteiger partial charge in [-0.3, -0.25) is 0 Å². The first kappa shape index (κ1) is 14.8. The fourth-order valence-corrected chi connectivity index (χ4v) is 1.64. The number of hydrogen-bond acceptors (Lipinski definition) is 1. The van der Waals surface area contributed by atoms with Crippen LogP contribution in [-0.2, 0) is 6.18 Å². The Hall–Kier alpha value is -1.29. The van der Waals surface area contributed by atoms with E-state index in [9.17, 15) is 18.3 Å². The highest BCUT2D eigenvalue weighted by molar-refractivity contribution is 5.53. The Morgan fingerprint density at radius 1 is 1.17 bits per heavy atom. The molecule has 0 radical (unpaired) electrons. The zero-order valence-electron chi connectivity index (χ0n) is 10.6. The number of rotatable bonds is 3. The minimum atomic E-state index is -4.31. The van der Waals surface area contributed by atoms with E-state index in [1.165, 1.54) is 12.1 Å². The number of aliphatic hydroxyl groups is 1. The third kappa shape index (κ3) is 3.88. The van der Waals surface area contributed by atoms with Crippen molar-refractivity contribution in [2.45, 2.75) is 33.1 Å². The molecular weight excluding hydrogens is 241 g/mol. The van der Waals surface area contributed by atoms with E-state index in [1.807, 2.05) is 13.8 Å². The van der Waals surface area contributed by atoms with Gasteiger partial charge in [-0.05, 0) is 36.1 Å². The fourth-order valence-electron chi connectivity index (χ4n) is 1.64. The molecule has 0 fully saturated rings. The smallest absolute Gasteiger partial charge is 0.388 e. The Morgan fingerprint density at radius 2 is 1.67 bits per heavy atom. The number of benzene rings is 1. The summed E-state index contributed by atoms with van der Waals surface area (Å²) in [4.78, 5) is 0. The van der Waals surface area contributed by atoms with Crippen molar-refractivity contribution in [3.05, 3.63) is 41.0 Å². The number of alkyl halides is 3. The summed E-state index contributed by atoms with van der Waals surface area (Å²) < 4.78 is 37.1. The van der Waals surface area contributed by atoms with Gasteiger partial charge in [-0.2, -0.15) is 13.2 Å². The van der Waals surface area contributed by atoms with Crippen molar-refractivity contribution in [2.24, 2.45) is 5.92 Å². The van der Waals surface area contributed by atoms with Crippen LogP contribution in [0.25, 0.3) is 6.08 Å². The van der Waals surface area contributed by atoms with Crippen molar-refractivity contribution < 1.29 is 18.3 Å². The lowest BCUT2D eigenvalue weighted by atomic mass is 9.98. The second-order valence-corrected chi connectivity index (χ2v) is 4.70. The van der Waals surface area contributed by atoms with E-state index in [1.54, 1.807) is 13.0 Å². The van der Waals surface area contributed by atoms with Gasteiger partial charge in [-0.15, -0.1) is 0 Å². The van der Waals surface area contributed by atoms with E-state index in [-0.39, 0.29) is 5.92 Å². The lowest BCUT2D eigenvalue weighted by molar-refractivity contribution is -0.137. The van der Waals surface area contributed by atoms with Crippen LogP contribution >= 0.6 is 0 Å². The van der Waals surface area contributed by atoms with Crippen LogP contribution in [-0.4, -0.2) is 11.2 Å². The third-order valence-electron chi connectivity index (χ3n) is 2.73. The highest BCUT2D eigenvalue weighted by atomic mass is 19.4. The Labute approximate surface area is 105 Å². The maximum absolute atomic E-state index is 12.4. The first-order chi connectivity index (χ1) is 8.21. The molecule has 4 heteroatoms. The van der Waals surface area contributed by atoms with Crippen LogP contribution in [0.4, 0.5) is 13.2 Å². The Morgan fingerprint density at radius 3 is 2.06 bits per heavy atom. The molecule has 0 bridgehead atoms. The quantitative estimate of drug-likeness (QED) is 0.864. The summed E-state index contributed by atoms with van der Waals surface area (Å²) in [6.07, 6.45) is -3.19. The van der Waals surface area contributed by atoms with E-state index in [0.717, 1.165) is 17.7 Å². The lowest BCUT2D eigenvalue weighted by Gasteiger charge is -2.15. The van der Waals surface area contributed by atoms with Crippen LogP contribution < -0.4 is 0 Å². The van der Waals surface area contributed by atoms with Crippen molar-refractivity contribution in [2.75, 3.05) is 0 Å². The standard InChI is InChI=1S/C14H17F3O/c1-9(2)13(18)10(3)8-11-4-6-12(7-5-11)14(15,16)17/h4-9,13,18H,1-3H3/b10-8+. The normalized spacial score (nSPS) is 15.0. The van der Waals surface area contributed by atoms with Gasteiger partial charge in [0, 0.05) is 0 Å². The first-order valence-electron chi connectivity index (χ1n) is 5.75. The molecule has 0 aliphatic heterocycles. The van der Waals surface area contributed by atoms with Gasteiger partial charge in [-0.25, -0.2) is 0 Å². The predicted molar refractivity (Wildman–Crippen MR) is 65.9 cm³/mol. The van der Waals surface area contributed by atoms with Crippen molar-refractivity contribution in [3.8, 4) is 0 Å². The van der Waals surface area contributed by atoms with Crippen LogP contribution in [0.5, 0.6) is 0 Å².